The number of rotatable bonds is 7. The van der Waals surface area contributed by atoms with Gasteiger partial charge >= 0.3 is 0 Å². The number of ether oxygens (including phenoxy) is 1. The number of para-hydroxylation sites is 1. The summed E-state index contributed by atoms with van der Waals surface area (Å²) in [4.78, 5) is 16.9. The van der Waals surface area contributed by atoms with E-state index in [4.69, 9.17) is 9.57 Å². The highest BCUT2D eigenvalue weighted by Gasteiger charge is 2.04. The number of anilines is 1. The maximum atomic E-state index is 11.8. The molecule has 24 heavy (non-hydrogen) atoms. The molecule has 5 nitrogen and oxygen atoms in total. The quantitative estimate of drug-likeness (QED) is 0.622. The van der Waals surface area contributed by atoms with Crippen molar-refractivity contribution >= 4 is 17.8 Å². The molecule has 0 heterocycles. The van der Waals surface area contributed by atoms with Crippen LogP contribution in [-0.2, 0) is 9.63 Å². The minimum atomic E-state index is -0.260. The minimum Gasteiger partial charge on any atom is -0.496 e. The van der Waals surface area contributed by atoms with E-state index in [9.17, 15) is 4.79 Å². The molecule has 0 bridgehead atoms. The van der Waals surface area contributed by atoms with Gasteiger partial charge in [0.25, 0.3) is 5.91 Å². The van der Waals surface area contributed by atoms with Gasteiger partial charge in [-0.3, -0.25) is 4.79 Å². The number of carbonyl (C=O) groups is 1. The number of hydrogen-bond acceptors (Lipinski definition) is 4. The van der Waals surface area contributed by atoms with Crippen LogP contribution in [0.3, 0.4) is 0 Å². The topological polar surface area (TPSA) is 59.9 Å². The average Bonchev–Trinajstić information content (AvgIpc) is 2.59. The van der Waals surface area contributed by atoms with Crippen molar-refractivity contribution in [3.63, 3.8) is 0 Å². The summed E-state index contributed by atoms with van der Waals surface area (Å²) < 4.78 is 5.20. The van der Waals surface area contributed by atoms with E-state index in [-0.39, 0.29) is 12.5 Å². The summed E-state index contributed by atoms with van der Waals surface area (Å²) in [6, 6.07) is 15.2. The highest BCUT2D eigenvalue weighted by molar-refractivity contribution is 5.91. The van der Waals surface area contributed by atoms with Crippen LogP contribution in [0.4, 0.5) is 5.69 Å². The van der Waals surface area contributed by atoms with Crippen LogP contribution < -0.4 is 10.1 Å². The SMILES string of the molecule is COc1ccccc1/C=N\OCC(=O)Nc1ccc(C(C)C)cc1. The van der Waals surface area contributed by atoms with Crippen LogP contribution in [-0.4, -0.2) is 25.8 Å². The van der Waals surface area contributed by atoms with Crippen molar-refractivity contribution in [1.29, 1.82) is 0 Å². The summed E-state index contributed by atoms with van der Waals surface area (Å²) in [5.74, 6) is 0.895. The van der Waals surface area contributed by atoms with Crippen LogP contribution in [0.15, 0.2) is 53.7 Å². The number of oxime groups is 1. The normalized spacial score (nSPS) is 10.8. The molecule has 0 radical (unpaired) electrons. The van der Waals surface area contributed by atoms with E-state index in [1.165, 1.54) is 11.8 Å². The van der Waals surface area contributed by atoms with Gasteiger partial charge in [-0.25, -0.2) is 0 Å². The fraction of sp³-hybridized carbons (Fsp3) is 0.263. The Kier molecular flexibility index (Phi) is 6.37. The summed E-state index contributed by atoms with van der Waals surface area (Å²) in [5, 5.41) is 6.57. The first-order valence-electron chi connectivity index (χ1n) is 7.78. The van der Waals surface area contributed by atoms with Gasteiger partial charge in [-0.2, -0.15) is 0 Å². The van der Waals surface area contributed by atoms with Gasteiger partial charge in [0.15, 0.2) is 6.61 Å². The number of hydrogen-bond donors (Lipinski definition) is 1. The summed E-state index contributed by atoms with van der Waals surface area (Å²) >= 11 is 0. The van der Waals surface area contributed by atoms with Gasteiger partial charge in [-0.1, -0.05) is 43.3 Å². The monoisotopic (exact) mass is 326 g/mol. The average molecular weight is 326 g/mol. The molecule has 5 heteroatoms. The van der Waals surface area contributed by atoms with Crippen molar-refractivity contribution in [1.82, 2.24) is 0 Å². The third kappa shape index (κ3) is 5.12. The van der Waals surface area contributed by atoms with E-state index >= 15 is 0 Å². The zero-order valence-electron chi connectivity index (χ0n) is 14.2. The number of benzene rings is 2. The largest absolute Gasteiger partial charge is 0.496 e. The highest BCUT2D eigenvalue weighted by Crippen LogP contribution is 2.17. The van der Waals surface area contributed by atoms with Crippen LogP contribution in [0.2, 0.25) is 0 Å². The number of carbonyl (C=O) groups excluding carboxylic acids is 1. The molecule has 1 amide bonds. The number of nitrogens with one attached hydrogen (secondary N) is 1. The molecule has 0 saturated heterocycles. The molecule has 0 spiro atoms. The summed E-state index contributed by atoms with van der Waals surface area (Å²) in [7, 11) is 1.59. The summed E-state index contributed by atoms with van der Waals surface area (Å²) in [6.07, 6.45) is 1.52. The molecular weight excluding hydrogens is 304 g/mol. The smallest absolute Gasteiger partial charge is 0.265 e. The molecule has 0 aliphatic rings. The second-order valence-electron chi connectivity index (χ2n) is 5.57. The molecule has 2 aromatic rings. The lowest BCUT2D eigenvalue weighted by atomic mass is 10.0. The lowest BCUT2D eigenvalue weighted by Crippen LogP contribution is -2.17. The Hall–Kier alpha value is -2.82. The van der Waals surface area contributed by atoms with Gasteiger partial charge in [-0.15, -0.1) is 0 Å². The van der Waals surface area contributed by atoms with Gasteiger partial charge < -0.3 is 14.9 Å². The molecule has 2 aromatic carbocycles. The van der Waals surface area contributed by atoms with Crippen molar-refractivity contribution in [3.05, 3.63) is 59.7 Å². The van der Waals surface area contributed by atoms with Crippen LogP contribution in [0, 0.1) is 0 Å². The van der Waals surface area contributed by atoms with Crippen LogP contribution in [0.5, 0.6) is 5.75 Å². The number of nitrogens with zero attached hydrogens (tertiary/aromatic N) is 1. The first kappa shape index (κ1) is 17.5. The molecule has 0 unspecified atom stereocenters. The zero-order valence-corrected chi connectivity index (χ0v) is 14.2. The first-order chi connectivity index (χ1) is 11.6. The molecule has 0 saturated carbocycles. The molecule has 0 atom stereocenters. The maximum absolute atomic E-state index is 11.8. The Morgan fingerprint density at radius 2 is 1.88 bits per heavy atom. The Morgan fingerprint density at radius 1 is 1.17 bits per heavy atom. The number of amides is 1. The Bertz CT molecular complexity index is 694. The molecule has 126 valence electrons. The predicted octanol–water partition coefficient (Wildman–Crippen LogP) is 3.81. The van der Waals surface area contributed by atoms with E-state index in [1.807, 2.05) is 48.5 Å². The standard InChI is InChI=1S/C19H22N2O3/c1-14(2)15-8-10-17(11-9-15)21-19(22)13-24-20-12-16-6-4-5-7-18(16)23-3/h4-12,14H,13H2,1-3H3,(H,21,22)/b20-12-. The second kappa shape index (κ2) is 8.72. The van der Waals surface area contributed by atoms with Crippen molar-refractivity contribution in [2.24, 2.45) is 5.16 Å². The highest BCUT2D eigenvalue weighted by atomic mass is 16.6. The third-order valence-corrected chi connectivity index (χ3v) is 3.46. The van der Waals surface area contributed by atoms with Crippen molar-refractivity contribution in [2.75, 3.05) is 19.0 Å². The van der Waals surface area contributed by atoms with Gasteiger partial charge in [0.1, 0.15) is 5.75 Å². The van der Waals surface area contributed by atoms with Crippen molar-refractivity contribution < 1.29 is 14.4 Å². The number of methoxy groups -OCH3 is 1. The van der Waals surface area contributed by atoms with Gasteiger partial charge in [-0.05, 0) is 35.7 Å². The van der Waals surface area contributed by atoms with Crippen molar-refractivity contribution in [3.8, 4) is 5.75 Å². The predicted molar refractivity (Wildman–Crippen MR) is 95.7 cm³/mol. The van der Waals surface area contributed by atoms with E-state index in [0.29, 0.717) is 11.7 Å². The Morgan fingerprint density at radius 3 is 2.54 bits per heavy atom. The van der Waals surface area contributed by atoms with Crippen molar-refractivity contribution in [2.45, 2.75) is 19.8 Å². The van der Waals surface area contributed by atoms with Crippen LogP contribution >= 0.6 is 0 Å². The Labute approximate surface area is 142 Å². The molecule has 0 fully saturated rings. The summed E-state index contributed by atoms with van der Waals surface area (Å²) in [5.41, 5.74) is 2.75. The van der Waals surface area contributed by atoms with E-state index < -0.39 is 0 Å². The lowest BCUT2D eigenvalue weighted by molar-refractivity contribution is -0.120. The Balaban J connectivity index is 1.81. The van der Waals surface area contributed by atoms with Gasteiger partial charge in [0.05, 0.1) is 13.3 Å². The first-order valence-corrected chi connectivity index (χ1v) is 7.78. The van der Waals surface area contributed by atoms with Gasteiger partial charge in [0, 0.05) is 11.3 Å². The summed E-state index contributed by atoms with van der Waals surface area (Å²) in [6.45, 7) is 4.10. The fourth-order valence-corrected chi connectivity index (χ4v) is 2.11. The second-order valence-corrected chi connectivity index (χ2v) is 5.57. The lowest BCUT2D eigenvalue weighted by Gasteiger charge is -2.08. The van der Waals surface area contributed by atoms with E-state index in [2.05, 4.69) is 24.3 Å². The fourth-order valence-electron chi connectivity index (χ4n) is 2.11. The molecule has 0 aliphatic heterocycles. The van der Waals surface area contributed by atoms with Crippen LogP contribution in [0.1, 0.15) is 30.9 Å². The molecule has 0 aliphatic carbocycles. The molecule has 2 rings (SSSR count). The third-order valence-electron chi connectivity index (χ3n) is 3.46. The van der Waals surface area contributed by atoms with Gasteiger partial charge in [0.2, 0.25) is 0 Å². The zero-order chi connectivity index (χ0) is 17.4. The maximum Gasteiger partial charge on any atom is 0.265 e. The van der Waals surface area contributed by atoms with Crippen LogP contribution in [0.25, 0.3) is 0 Å². The molecule has 0 aromatic heterocycles. The van der Waals surface area contributed by atoms with E-state index in [0.717, 1.165) is 11.3 Å². The molecular formula is C19H22N2O3. The minimum absolute atomic E-state index is 0.155. The molecule has 1 N–H and O–H groups in total. The van der Waals surface area contributed by atoms with E-state index in [1.54, 1.807) is 7.11 Å².